The molecule has 1 N–H and O–H groups in total. The molecule has 0 radical (unpaired) electrons. The number of likely N-dealkylation sites (N-methyl/N-ethyl adjacent to an activating group) is 1. The maximum Gasteiger partial charge on any atom is 0.340 e. The number of hydrogen-bond donors (Lipinski definition) is 1. The Balaban J connectivity index is 2.04. The smallest absolute Gasteiger partial charge is 0.340 e. The lowest BCUT2D eigenvalue weighted by atomic mass is 9.93. The second-order valence-electron chi connectivity index (χ2n) is 6.43. The van der Waals surface area contributed by atoms with Gasteiger partial charge in [0.25, 0.3) is 17.4 Å². The quantitative estimate of drug-likeness (QED) is 0.484. The molecule has 0 saturated heterocycles. The second-order valence-corrected chi connectivity index (χ2v) is 6.43. The SMILES string of the molecule is CCCCNC(=O)C1(OC(=O)c2ccccc2)C(=O)N(C)c2ccccc21. The van der Waals surface area contributed by atoms with Gasteiger partial charge in [-0.3, -0.25) is 9.59 Å². The van der Waals surface area contributed by atoms with Crippen LogP contribution in [0.25, 0.3) is 0 Å². The van der Waals surface area contributed by atoms with E-state index in [1.807, 2.05) is 6.92 Å². The van der Waals surface area contributed by atoms with Crippen LogP contribution < -0.4 is 10.2 Å². The van der Waals surface area contributed by atoms with E-state index in [1.165, 1.54) is 4.90 Å². The Morgan fingerprint density at radius 1 is 1.07 bits per heavy atom. The molecule has 140 valence electrons. The van der Waals surface area contributed by atoms with Crippen molar-refractivity contribution >= 4 is 23.5 Å². The third-order valence-electron chi connectivity index (χ3n) is 4.64. The summed E-state index contributed by atoms with van der Waals surface area (Å²) in [4.78, 5) is 40.3. The first kappa shape index (κ1) is 18.6. The van der Waals surface area contributed by atoms with E-state index >= 15 is 0 Å². The summed E-state index contributed by atoms with van der Waals surface area (Å²) in [5.41, 5.74) is -0.825. The molecule has 1 unspecified atom stereocenters. The van der Waals surface area contributed by atoms with Gasteiger partial charge in [-0.15, -0.1) is 0 Å². The van der Waals surface area contributed by atoms with Crippen molar-refractivity contribution < 1.29 is 19.1 Å². The molecule has 0 saturated carbocycles. The van der Waals surface area contributed by atoms with E-state index in [9.17, 15) is 14.4 Å². The van der Waals surface area contributed by atoms with E-state index in [0.717, 1.165) is 12.8 Å². The number of anilines is 1. The van der Waals surface area contributed by atoms with E-state index in [2.05, 4.69) is 5.32 Å². The highest BCUT2D eigenvalue weighted by molar-refractivity contribution is 6.21. The first-order chi connectivity index (χ1) is 13.0. The van der Waals surface area contributed by atoms with Gasteiger partial charge in [0, 0.05) is 19.2 Å². The van der Waals surface area contributed by atoms with E-state index in [0.29, 0.717) is 17.8 Å². The minimum atomic E-state index is -2.02. The summed E-state index contributed by atoms with van der Waals surface area (Å²) in [5, 5.41) is 2.75. The van der Waals surface area contributed by atoms with Gasteiger partial charge in [-0.05, 0) is 24.6 Å². The molecule has 1 aliphatic rings. The van der Waals surface area contributed by atoms with Gasteiger partial charge in [-0.25, -0.2) is 4.79 Å². The number of carbonyl (C=O) groups is 3. The van der Waals surface area contributed by atoms with Crippen LogP contribution in [0.4, 0.5) is 5.69 Å². The van der Waals surface area contributed by atoms with Crippen molar-refractivity contribution in [3.63, 3.8) is 0 Å². The topological polar surface area (TPSA) is 75.7 Å². The number of unbranched alkanes of at least 4 members (excludes halogenated alkanes) is 1. The molecule has 6 heteroatoms. The number of nitrogens with zero attached hydrogens (tertiary/aromatic N) is 1. The Bertz CT molecular complexity index is 865. The number of nitrogens with one attached hydrogen (secondary N) is 1. The third kappa shape index (κ3) is 3.18. The zero-order valence-corrected chi connectivity index (χ0v) is 15.4. The largest absolute Gasteiger partial charge is 0.430 e. The van der Waals surface area contributed by atoms with Crippen molar-refractivity contribution in [1.82, 2.24) is 5.32 Å². The van der Waals surface area contributed by atoms with E-state index in [1.54, 1.807) is 61.6 Å². The van der Waals surface area contributed by atoms with Gasteiger partial charge in [-0.2, -0.15) is 0 Å². The zero-order chi connectivity index (χ0) is 19.4. The summed E-state index contributed by atoms with van der Waals surface area (Å²) in [5.74, 6) is -1.93. The highest BCUT2D eigenvalue weighted by Crippen LogP contribution is 2.42. The molecule has 1 atom stereocenters. The molecule has 2 aromatic carbocycles. The summed E-state index contributed by atoms with van der Waals surface area (Å²) in [6.07, 6.45) is 1.65. The van der Waals surface area contributed by atoms with Crippen LogP contribution in [0.3, 0.4) is 0 Å². The fourth-order valence-corrected chi connectivity index (χ4v) is 3.16. The standard InChI is InChI=1S/C21H22N2O4/c1-3-4-14-22-19(25)21(27-18(24)15-10-6-5-7-11-15)16-12-8-9-13-17(16)23(2)20(21)26/h5-13H,3-4,14H2,1-2H3,(H,22,25). The number of carbonyl (C=O) groups excluding carboxylic acids is 3. The van der Waals surface area contributed by atoms with Gasteiger partial charge in [0.05, 0.1) is 11.3 Å². The summed E-state index contributed by atoms with van der Waals surface area (Å²) in [6.45, 7) is 2.40. The van der Waals surface area contributed by atoms with Gasteiger partial charge in [0.15, 0.2) is 0 Å². The Kier molecular flexibility index (Phi) is 5.26. The number of amides is 2. The lowest BCUT2D eigenvalue weighted by Gasteiger charge is -2.27. The summed E-state index contributed by atoms with van der Waals surface area (Å²) in [7, 11) is 1.57. The lowest BCUT2D eigenvalue weighted by molar-refractivity contribution is -0.152. The molecule has 0 fully saturated rings. The van der Waals surface area contributed by atoms with Crippen LogP contribution in [0, 0.1) is 0 Å². The zero-order valence-electron chi connectivity index (χ0n) is 15.4. The van der Waals surface area contributed by atoms with Gasteiger partial charge < -0.3 is 15.0 Å². The maximum atomic E-state index is 13.1. The molecule has 3 rings (SSSR count). The predicted molar refractivity (Wildman–Crippen MR) is 101 cm³/mol. The van der Waals surface area contributed by atoms with Crippen LogP contribution in [0.2, 0.25) is 0 Å². The third-order valence-corrected chi connectivity index (χ3v) is 4.64. The first-order valence-corrected chi connectivity index (χ1v) is 8.96. The Morgan fingerprint density at radius 3 is 2.44 bits per heavy atom. The van der Waals surface area contributed by atoms with Crippen molar-refractivity contribution in [2.24, 2.45) is 0 Å². The van der Waals surface area contributed by atoms with Crippen molar-refractivity contribution in [3.8, 4) is 0 Å². The molecule has 0 spiro atoms. The molecule has 1 heterocycles. The van der Waals surface area contributed by atoms with Crippen LogP contribution in [0.15, 0.2) is 54.6 Å². The summed E-state index contributed by atoms with van der Waals surface area (Å²) in [6, 6.07) is 15.2. The number of fused-ring (bicyclic) bond motifs is 1. The average molecular weight is 366 g/mol. The van der Waals surface area contributed by atoms with Gasteiger partial charge in [0.2, 0.25) is 0 Å². The number of para-hydroxylation sites is 1. The first-order valence-electron chi connectivity index (χ1n) is 8.96. The molecule has 2 aromatic rings. The molecule has 0 bridgehead atoms. The Hall–Kier alpha value is -3.15. The van der Waals surface area contributed by atoms with E-state index in [-0.39, 0.29) is 5.56 Å². The molecule has 2 amide bonds. The lowest BCUT2D eigenvalue weighted by Crippen LogP contribution is -2.53. The predicted octanol–water partition coefficient (Wildman–Crippen LogP) is 2.63. The van der Waals surface area contributed by atoms with Crippen LogP contribution in [-0.4, -0.2) is 31.4 Å². The molecule has 27 heavy (non-hydrogen) atoms. The van der Waals surface area contributed by atoms with Crippen molar-refractivity contribution in [2.45, 2.75) is 25.4 Å². The summed E-state index contributed by atoms with van der Waals surface area (Å²) < 4.78 is 5.64. The van der Waals surface area contributed by atoms with Gasteiger partial charge in [0.1, 0.15) is 0 Å². The molecule has 0 aromatic heterocycles. The van der Waals surface area contributed by atoms with Gasteiger partial charge in [-0.1, -0.05) is 49.7 Å². The number of esters is 1. The van der Waals surface area contributed by atoms with Crippen LogP contribution in [-0.2, 0) is 19.9 Å². The minimum Gasteiger partial charge on any atom is -0.430 e. The molecule has 1 aliphatic heterocycles. The normalized spacial score (nSPS) is 18.1. The number of hydrogen-bond acceptors (Lipinski definition) is 4. The van der Waals surface area contributed by atoms with Crippen LogP contribution >= 0.6 is 0 Å². The molecular weight excluding hydrogens is 344 g/mol. The fraction of sp³-hybridized carbons (Fsp3) is 0.286. The van der Waals surface area contributed by atoms with Crippen molar-refractivity contribution in [1.29, 1.82) is 0 Å². The number of rotatable bonds is 6. The monoisotopic (exact) mass is 366 g/mol. The maximum absolute atomic E-state index is 13.1. The van der Waals surface area contributed by atoms with E-state index in [4.69, 9.17) is 4.74 Å². The average Bonchev–Trinajstić information content (AvgIpc) is 2.92. The Labute approximate surface area is 158 Å². The van der Waals surface area contributed by atoms with Crippen molar-refractivity contribution in [3.05, 3.63) is 65.7 Å². The van der Waals surface area contributed by atoms with E-state index < -0.39 is 23.4 Å². The molecular formula is C21H22N2O4. The van der Waals surface area contributed by atoms with Gasteiger partial charge >= 0.3 is 5.97 Å². The number of benzene rings is 2. The fourth-order valence-electron chi connectivity index (χ4n) is 3.16. The van der Waals surface area contributed by atoms with Crippen LogP contribution in [0.1, 0.15) is 35.7 Å². The van der Waals surface area contributed by atoms with Crippen molar-refractivity contribution in [2.75, 3.05) is 18.5 Å². The van der Waals surface area contributed by atoms with Crippen LogP contribution in [0.5, 0.6) is 0 Å². The highest BCUT2D eigenvalue weighted by Gasteiger charge is 2.59. The molecule has 0 aliphatic carbocycles. The summed E-state index contributed by atoms with van der Waals surface area (Å²) >= 11 is 0. The number of ether oxygens (including phenoxy) is 1. The highest BCUT2D eigenvalue weighted by atomic mass is 16.6. The second kappa shape index (κ2) is 7.61. The minimum absolute atomic E-state index is 0.276. The molecule has 6 nitrogen and oxygen atoms in total. The Morgan fingerprint density at radius 2 is 1.74 bits per heavy atom.